The Morgan fingerprint density at radius 3 is 0.911 bits per heavy atom. The van der Waals surface area contributed by atoms with Gasteiger partial charge < -0.3 is 33.8 Å². The van der Waals surface area contributed by atoms with Gasteiger partial charge >= 0.3 is 39.5 Å². The zero-order valence-electron chi connectivity index (χ0n) is 57.9. The van der Waals surface area contributed by atoms with Crippen LogP contribution < -0.4 is 0 Å². The molecule has 0 spiro atoms. The fourth-order valence-corrected chi connectivity index (χ4v) is 11.8. The number of aliphatic hydroxyl groups is 1. The number of hydrogen-bond acceptors (Lipinski definition) is 15. The molecule has 0 bridgehead atoms. The number of phosphoric ester groups is 2. The molecule has 0 amide bonds. The molecule has 0 saturated heterocycles. The van der Waals surface area contributed by atoms with Crippen LogP contribution in [0, 0.1) is 11.8 Å². The van der Waals surface area contributed by atoms with Gasteiger partial charge in [0.05, 0.1) is 26.4 Å². The second kappa shape index (κ2) is 62.6. The third kappa shape index (κ3) is 64.3. The second-order valence-corrected chi connectivity index (χ2v) is 28.8. The van der Waals surface area contributed by atoms with Gasteiger partial charge in [-0.1, -0.05) is 284 Å². The third-order valence-corrected chi connectivity index (χ3v) is 17.7. The molecular formula is C71H134O17P2. The Labute approximate surface area is 548 Å². The number of ether oxygens (including phenoxy) is 4. The van der Waals surface area contributed by atoms with E-state index in [1.165, 1.54) is 128 Å². The smallest absolute Gasteiger partial charge is 0.462 e. The molecule has 0 saturated carbocycles. The highest BCUT2D eigenvalue weighted by Gasteiger charge is 2.30. The Hall–Kier alpha value is -2.46. The first-order valence-electron chi connectivity index (χ1n) is 36.3. The number of unbranched alkanes of at least 4 members (excludes halogenated alkanes) is 35. The first-order valence-corrected chi connectivity index (χ1v) is 39.3. The number of carbonyl (C=O) groups excluding carboxylic acids is 4. The standard InChI is InChI=1S/C71H134O17P2/c1-7-9-11-13-14-15-16-17-20-24-27-30-36-42-48-54-69(74)82-60-67(88-70(75)55-49-43-37-31-28-25-22-19-18-21-23-26-29-34-40-45-51-63(3)4)62-86-90(79,80)84-58-65(72)57-83-89(77,78)85-61-66(59-81-68(73)53-47-39-12-10-8-2)87-71(76)56-50-44-38-33-32-35-41-46-52-64(5)6/h15-17,20,63-67,72H,7-14,18-19,21-62H2,1-6H3,(H,77,78)(H,79,80)/b16-15-,20-17-/t65-,66+,67+/m0/s1. The first-order chi connectivity index (χ1) is 43.4. The van der Waals surface area contributed by atoms with Gasteiger partial charge in [-0.2, -0.15) is 0 Å². The van der Waals surface area contributed by atoms with Crippen LogP contribution in [0.2, 0.25) is 0 Å². The van der Waals surface area contributed by atoms with E-state index in [4.69, 9.17) is 37.0 Å². The van der Waals surface area contributed by atoms with Crippen LogP contribution in [0.15, 0.2) is 24.3 Å². The van der Waals surface area contributed by atoms with Crippen molar-refractivity contribution in [1.82, 2.24) is 0 Å². The van der Waals surface area contributed by atoms with Crippen molar-refractivity contribution in [3.63, 3.8) is 0 Å². The maximum Gasteiger partial charge on any atom is 0.472 e. The summed E-state index contributed by atoms with van der Waals surface area (Å²) in [5.41, 5.74) is 0. The number of phosphoric acid groups is 2. The Kier molecular flexibility index (Phi) is 60.9. The third-order valence-electron chi connectivity index (χ3n) is 15.8. The molecule has 0 aromatic carbocycles. The van der Waals surface area contributed by atoms with Crippen molar-refractivity contribution < 1.29 is 80.2 Å². The monoisotopic (exact) mass is 1320 g/mol. The van der Waals surface area contributed by atoms with Crippen LogP contribution in [0.3, 0.4) is 0 Å². The Morgan fingerprint density at radius 1 is 0.344 bits per heavy atom. The largest absolute Gasteiger partial charge is 0.472 e. The molecule has 19 heteroatoms. The number of esters is 4. The molecular weight excluding hydrogens is 1190 g/mol. The summed E-state index contributed by atoms with van der Waals surface area (Å²) in [6, 6.07) is 0. The van der Waals surface area contributed by atoms with Gasteiger partial charge in [0.25, 0.3) is 0 Å². The second-order valence-electron chi connectivity index (χ2n) is 25.9. The molecule has 530 valence electrons. The lowest BCUT2D eigenvalue weighted by Gasteiger charge is -2.21. The predicted octanol–water partition coefficient (Wildman–Crippen LogP) is 19.9. The highest BCUT2D eigenvalue weighted by molar-refractivity contribution is 7.47. The van der Waals surface area contributed by atoms with E-state index in [1.807, 2.05) is 0 Å². The van der Waals surface area contributed by atoms with Crippen molar-refractivity contribution in [2.75, 3.05) is 39.6 Å². The quantitative estimate of drug-likeness (QED) is 0.0169. The predicted molar refractivity (Wildman–Crippen MR) is 363 cm³/mol. The highest BCUT2D eigenvalue weighted by Crippen LogP contribution is 2.45. The summed E-state index contributed by atoms with van der Waals surface area (Å²) in [4.78, 5) is 72.2. The van der Waals surface area contributed by atoms with Crippen LogP contribution in [-0.4, -0.2) is 96.7 Å². The molecule has 0 aliphatic rings. The molecule has 0 rings (SSSR count). The molecule has 0 aliphatic heterocycles. The zero-order valence-corrected chi connectivity index (χ0v) is 59.7. The van der Waals surface area contributed by atoms with Gasteiger partial charge in [-0.25, -0.2) is 9.13 Å². The van der Waals surface area contributed by atoms with E-state index in [0.717, 1.165) is 127 Å². The van der Waals surface area contributed by atoms with Crippen molar-refractivity contribution in [2.24, 2.45) is 11.8 Å². The molecule has 0 aliphatic carbocycles. The van der Waals surface area contributed by atoms with E-state index in [2.05, 4.69) is 65.8 Å². The molecule has 17 nitrogen and oxygen atoms in total. The molecule has 0 aromatic heterocycles. The van der Waals surface area contributed by atoms with Crippen LogP contribution in [0.5, 0.6) is 0 Å². The van der Waals surface area contributed by atoms with Crippen LogP contribution in [-0.2, 0) is 65.4 Å². The van der Waals surface area contributed by atoms with E-state index < -0.39 is 97.5 Å². The molecule has 0 fully saturated rings. The number of carbonyl (C=O) groups is 4. The zero-order chi connectivity index (χ0) is 66.5. The van der Waals surface area contributed by atoms with Crippen molar-refractivity contribution >= 4 is 39.5 Å². The van der Waals surface area contributed by atoms with E-state index in [-0.39, 0.29) is 25.7 Å². The maximum absolute atomic E-state index is 13.0. The van der Waals surface area contributed by atoms with Crippen molar-refractivity contribution in [2.45, 2.75) is 355 Å². The highest BCUT2D eigenvalue weighted by atomic mass is 31.2. The average Bonchev–Trinajstić information content (AvgIpc) is 3.67. The lowest BCUT2D eigenvalue weighted by Crippen LogP contribution is -2.30. The summed E-state index contributed by atoms with van der Waals surface area (Å²) in [6.45, 7) is 9.38. The first kappa shape index (κ1) is 87.5. The number of allylic oxidation sites excluding steroid dienone is 4. The molecule has 90 heavy (non-hydrogen) atoms. The summed E-state index contributed by atoms with van der Waals surface area (Å²) in [5.74, 6) is -0.642. The molecule has 0 heterocycles. The maximum atomic E-state index is 13.0. The number of aliphatic hydroxyl groups excluding tert-OH is 1. The Bertz CT molecular complexity index is 1850. The number of hydrogen-bond donors (Lipinski definition) is 3. The normalized spacial score (nSPS) is 14.3. The van der Waals surface area contributed by atoms with Crippen LogP contribution in [0.1, 0.15) is 337 Å². The van der Waals surface area contributed by atoms with E-state index in [1.54, 1.807) is 0 Å². The van der Waals surface area contributed by atoms with Gasteiger partial charge in [0, 0.05) is 25.7 Å². The van der Waals surface area contributed by atoms with Crippen LogP contribution >= 0.6 is 15.6 Å². The Balaban J connectivity index is 5.18. The summed E-state index contributed by atoms with van der Waals surface area (Å²) in [7, 11) is -9.90. The minimum Gasteiger partial charge on any atom is -0.462 e. The summed E-state index contributed by atoms with van der Waals surface area (Å²) in [6.07, 6.45) is 51.3. The lowest BCUT2D eigenvalue weighted by atomic mass is 10.0. The average molecular weight is 1320 g/mol. The van der Waals surface area contributed by atoms with E-state index >= 15 is 0 Å². The van der Waals surface area contributed by atoms with Gasteiger partial charge in [0.1, 0.15) is 19.3 Å². The summed E-state index contributed by atoms with van der Waals surface area (Å²) >= 11 is 0. The van der Waals surface area contributed by atoms with Crippen molar-refractivity contribution in [1.29, 1.82) is 0 Å². The molecule has 3 N–H and O–H groups in total. The summed E-state index contributed by atoms with van der Waals surface area (Å²) in [5, 5.41) is 10.6. The SMILES string of the molecule is CCCCCC/C=C\C=C/CCCCCCCC(=O)OC[C@H](COP(=O)(O)OC[C@@H](O)COP(=O)(O)OC[C@@H](COC(=O)CCCCCCC)OC(=O)CCCCCCCCCCC(C)C)OC(=O)CCCCCCCCCCCCCCCCCCC(C)C. The molecule has 5 atom stereocenters. The Morgan fingerprint density at radius 2 is 0.600 bits per heavy atom. The van der Waals surface area contributed by atoms with Gasteiger partial charge in [-0.3, -0.25) is 37.3 Å². The van der Waals surface area contributed by atoms with E-state index in [0.29, 0.717) is 25.7 Å². The fourth-order valence-electron chi connectivity index (χ4n) is 10.2. The van der Waals surface area contributed by atoms with Gasteiger partial charge in [0.2, 0.25) is 0 Å². The van der Waals surface area contributed by atoms with Gasteiger partial charge in [-0.05, 0) is 63.2 Å². The lowest BCUT2D eigenvalue weighted by molar-refractivity contribution is -0.161. The number of rotatable bonds is 68. The molecule has 0 aromatic rings. The topological polar surface area (TPSA) is 237 Å². The van der Waals surface area contributed by atoms with Crippen LogP contribution in [0.25, 0.3) is 0 Å². The summed E-state index contributed by atoms with van der Waals surface area (Å²) < 4.78 is 68.0. The van der Waals surface area contributed by atoms with E-state index in [9.17, 15) is 43.2 Å². The van der Waals surface area contributed by atoms with Crippen LogP contribution in [0.4, 0.5) is 0 Å². The van der Waals surface area contributed by atoms with Gasteiger partial charge in [-0.15, -0.1) is 0 Å². The minimum atomic E-state index is -4.96. The van der Waals surface area contributed by atoms with Crippen molar-refractivity contribution in [3.05, 3.63) is 24.3 Å². The molecule has 2 unspecified atom stereocenters. The van der Waals surface area contributed by atoms with Crippen molar-refractivity contribution in [3.8, 4) is 0 Å². The minimum absolute atomic E-state index is 0.101. The fraction of sp³-hybridized carbons (Fsp3) is 0.887. The van der Waals surface area contributed by atoms with Gasteiger partial charge in [0.15, 0.2) is 12.2 Å². The molecule has 0 radical (unpaired) electrons.